The molecule has 0 aliphatic carbocycles. The van der Waals surface area contributed by atoms with Gasteiger partial charge in [0.1, 0.15) is 0 Å². The number of halogens is 16. The Bertz CT molecular complexity index is 1530. The van der Waals surface area contributed by atoms with Crippen LogP contribution in [0.2, 0.25) is 0 Å². The molecule has 0 bridgehead atoms. The summed E-state index contributed by atoms with van der Waals surface area (Å²) in [6, 6.07) is 19.9. The van der Waals surface area contributed by atoms with Gasteiger partial charge < -0.3 is 22.9 Å². The molecule has 0 amide bonds. The van der Waals surface area contributed by atoms with Gasteiger partial charge in [0.15, 0.2) is 0 Å². The van der Waals surface area contributed by atoms with Crippen LogP contribution < -0.4 is 22.9 Å². The minimum atomic E-state index is -4.88. The second kappa shape index (κ2) is 18.5. The van der Waals surface area contributed by atoms with E-state index in [1.165, 1.54) is 30.3 Å². The van der Waals surface area contributed by atoms with E-state index in [-0.39, 0.29) is 11.8 Å². The van der Waals surface area contributed by atoms with Gasteiger partial charge in [0.25, 0.3) is 0 Å². The van der Waals surface area contributed by atoms with Crippen molar-refractivity contribution in [1.82, 2.24) is 0 Å². The first-order chi connectivity index (χ1) is 22.0. The maximum absolute atomic E-state index is 12.2. The van der Waals surface area contributed by atoms with Crippen LogP contribution in [0.5, 0.6) is 0 Å². The maximum atomic E-state index is 12.2. The zero-order valence-corrected chi connectivity index (χ0v) is 26.3. The van der Waals surface area contributed by atoms with Gasteiger partial charge in [-0.15, -0.1) is 0 Å². The summed E-state index contributed by atoms with van der Waals surface area (Å²) in [4.78, 5) is 0. The highest BCUT2D eigenvalue weighted by Gasteiger charge is 2.37. The molecule has 0 spiro atoms. The Kier molecular flexibility index (Phi) is 16.9. The van der Waals surface area contributed by atoms with Gasteiger partial charge in [-0.3, -0.25) is 0 Å². The summed E-state index contributed by atoms with van der Waals surface area (Å²) in [6.45, 7) is 0. The summed E-state index contributed by atoms with van der Waals surface area (Å²) in [7, 11) is 0. The van der Waals surface area contributed by atoms with Crippen molar-refractivity contribution in [2.75, 3.05) is 22.9 Å². The fourth-order valence-corrected chi connectivity index (χ4v) is 2.86. The summed E-state index contributed by atoms with van der Waals surface area (Å²) < 4.78 is 171. The molecule has 0 radical (unpaired) electrons. The van der Waals surface area contributed by atoms with Crippen molar-refractivity contribution in [3.63, 3.8) is 0 Å². The minimum absolute atomic E-state index is 0.00463. The third kappa shape index (κ3) is 20.0. The first-order valence-corrected chi connectivity index (χ1v) is 13.6. The van der Waals surface area contributed by atoms with Crippen molar-refractivity contribution in [3.05, 3.63) is 119 Å². The molecule has 0 heterocycles. The summed E-state index contributed by atoms with van der Waals surface area (Å²) in [5.41, 5.74) is 16.5. The smallest absolute Gasteiger partial charge is 0.399 e. The Hall–Kier alpha value is -4.24. The fraction of sp³-hybridized carbons (Fsp3) is 0.172. The number of nitrogen functional groups attached to an aromatic ring is 4. The molecule has 0 unspecified atom stereocenters. The molecule has 4 aromatic carbocycles. The van der Waals surface area contributed by atoms with Crippen LogP contribution >= 0.6 is 22.6 Å². The van der Waals surface area contributed by atoms with Crippen LogP contribution in [0.1, 0.15) is 22.3 Å². The van der Waals surface area contributed by atoms with E-state index in [0.717, 1.165) is 23.9 Å². The molecule has 0 saturated carbocycles. The van der Waals surface area contributed by atoms with Gasteiger partial charge in [-0.25, -0.2) is 0 Å². The number of anilines is 4. The number of nitrogens with two attached hydrogens (primary N) is 4. The summed E-state index contributed by atoms with van der Waals surface area (Å²) in [5, 5.41) is 0. The van der Waals surface area contributed by atoms with E-state index in [2.05, 4.69) is 0 Å². The number of benzene rings is 4. The lowest BCUT2D eigenvalue weighted by Crippen LogP contribution is -2.12. The first-order valence-electron chi connectivity index (χ1n) is 12.5. The zero-order valence-electron chi connectivity index (χ0n) is 24.1. The molecule has 8 N–H and O–H groups in total. The molecule has 0 aliphatic rings. The lowest BCUT2D eigenvalue weighted by Gasteiger charge is -2.13. The number of alkyl halides is 16. The predicted octanol–water partition coefficient (Wildman–Crippen LogP) is 11.1. The quantitative estimate of drug-likeness (QED) is 0.0613. The van der Waals surface area contributed by atoms with Crippen molar-refractivity contribution < 1.29 is 65.9 Å². The Morgan fingerprint density at radius 1 is 0.367 bits per heavy atom. The van der Waals surface area contributed by atoms with Crippen molar-refractivity contribution >= 4 is 45.3 Å². The van der Waals surface area contributed by atoms with Gasteiger partial charge in [-0.05, 0) is 66.7 Å². The average molecular weight is 840 g/mol. The number of para-hydroxylation sites is 2. The fourth-order valence-electron chi connectivity index (χ4n) is 2.86. The Morgan fingerprint density at radius 3 is 1.04 bits per heavy atom. The minimum Gasteiger partial charge on any atom is -0.399 e. The molecule has 0 fully saturated rings. The van der Waals surface area contributed by atoms with E-state index in [1.807, 2.05) is 30.3 Å². The van der Waals surface area contributed by atoms with Crippen LogP contribution in [-0.2, 0) is 24.7 Å². The average Bonchev–Trinajstić information content (AvgIpc) is 2.92. The third-order valence-corrected chi connectivity index (χ3v) is 4.99. The molecule has 20 heteroatoms. The number of rotatable bonds is 0. The zero-order chi connectivity index (χ0) is 38.4. The number of hydrogen-bond acceptors (Lipinski definition) is 4. The van der Waals surface area contributed by atoms with Crippen LogP contribution in [0.15, 0.2) is 97.1 Å². The van der Waals surface area contributed by atoms with E-state index in [0.29, 0.717) is 40.4 Å². The highest BCUT2D eigenvalue weighted by molar-refractivity contribution is 14.1. The van der Waals surface area contributed by atoms with Gasteiger partial charge in [0.05, 0.1) is 22.3 Å². The Morgan fingerprint density at radius 2 is 0.714 bits per heavy atom. The highest BCUT2D eigenvalue weighted by atomic mass is 127. The van der Waals surface area contributed by atoms with Crippen molar-refractivity contribution in [3.8, 4) is 0 Å². The predicted molar refractivity (Wildman–Crippen MR) is 164 cm³/mol. The molecule has 272 valence electrons. The van der Waals surface area contributed by atoms with Gasteiger partial charge in [-0.2, -0.15) is 65.9 Å². The lowest BCUT2D eigenvalue weighted by molar-refractivity contribution is -0.143. The largest absolute Gasteiger partial charge is 0.441 e. The van der Waals surface area contributed by atoms with Crippen LogP contribution in [0.4, 0.5) is 88.6 Å². The monoisotopic (exact) mass is 840 g/mol. The SMILES string of the molecule is FC(F)(F)I.Nc1ccc(C(F)(F)F)cc1.Nc1ccc(C(F)(F)F)cc1C(F)(F)F.Nc1ccccc1.Nc1ccccc1C(F)(F)F. The standard InChI is InChI=1S/C8H5F6N.2C7H6F3N.C6H7N.CF3I/c9-7(10,11)4-1-2-6(15)5(3-4)8(12,13)14;8-7(9,10)5-1-3-6(11)4-2-5;8-7(9,10)5-3-1-2-4-6(5)11;7-6-4-2-1-3-5-6;2-1(3,4)5/h1-3H,15H2;2*1-4H,11H2;1-5H,7H2;. The van der Waals surface area contributed by atoms with Crippen LogP contribution in [-0.4, -0.2) is 4.18 Å². The second-order valence-electron chi connectivity index (χ2n) is 8.84. The molecular formula is C29H24F15IN4. The Balaban J connectivity index is 0.000000613. The van der Waals surface area contributed by atoms with Crippen LogP contribution in [0.25, 0.3) is 0 Å². The van der Waals surface area contributed by atoms with Gasteiger partial charge >= 0.3 is 28.9 Å². The van der Waals surface area contributed by atoms with Gasteiger partial charge in [0.2, 0.25) is 0 Å². The van der Waals surface area contributed by atoms with Gasteiger partial charge in [0, 0.05) is 45.3 Å². The lowest BCUT2D eigenvalue weighted by atomic mass is 10.1. The van der Waals surface area contributed by atoms with Crippen molar-refractivity contribution in [1.29, 1.82) is 0 Å². The summed E-state index contributed by atoms with van der Waals surface area (Å²) in [6.07, 6.45) is -18.3. The molecule has 0 aliphatic heterocycles. The molecular weight excluding hydrogens is 816 g/mol. The van der Waals surface area contributed by atoms with E-state index in [1.54, 1.807) is 0 Å². The van der Waals surface area contributed by atoms with E-state index < -0.39 is 56.8 Å². The molecule has 0 aromatic heterocycles. The molecule has 0 atom stereocenters. The van der Waals surface area contributed by atoms with Crippen molar-refractivity contribution in [2.45, 2.75) is 28.9 Å². The highest BCUT2D eigenvalue weighted by Crippen LogP contribution is 2.38. The first kappa shape index (κ1) is 44.8. The third-order valence-electron chi connectivity index (χ3n) is 4.99. The number of hydrogen-bond donors (Lipinski definition) is 4. The van der Waals surface area contributed by atoms with E-state index >= 15 is 0 Å². The van der Waals surface area contributed by atoms with Crippen LogP contribution in [0.3, 0.4) is 0 Å². The Labute approximate surface area is 282 Å². The second-order valence-corrected chi connectivity index (χ2v) is 10.1. The normalized spacial score (nSPS) is 11.6. The molecule has 4 rings (SSSR count). The van der Waals surface area contributed by atoms with E-state index in [4.69, 9.17) is 22.9 Å². The summed E-state index contributed by atoms with van der Waals surface area (Å²) in [5.74, 6) is 0. The maximum Gasteiger partial charge on any atom is 0.441 e. The summed E-state index contributed by atoms with van der Waals surface area (Å²) >= 11 is 0.378. The van der Waals surface area contributed by atoms with Crippen LogP contribution in [0, 0.1) is 0 Å². The van der Waals surface area contributed by atoms with Crippen molar-refractivity contribution in [2.24, 2.45) is 0 Å². The van der Waals surface area contributed by atoms with Gasteiger partial charge in [-0.1, -0.05) is 30.3 Å². The molecule has 4 nitrogen and oxygen atoms in total. The molecule has 0 saturated heterocycles. The van der Waals surface area contributed by atoms with E-state index in [9.17, 15) is 65.9 Å². The molecule has 49 heavy (non-hydrogen) atoms. The topological polar surface area (TPSA) is 104 Å². The molecule has 4 aromatic rings.